The summed E-state index contributed by atoms with van der Waals surface area (Å²) in [6.07, 6.45) is 0. The van der Waals surface area contributed by atoms with E-state index >= 15 is 0 Å². The SMILES string of the molecule is c1ccc(C2=C(c3ccccc3)C(c3ccccc3)C(c3ccccc3)c3c2c2ccc(-c4cccc(-c5nc(-c6ccc(-c7ccccc7)cc6)c6ccccc6n5)c4)cc2n3-c2ccccc2)cc1. The topological polar surface area (TPSA) is 30.7 Å². The lowest BCUT2D eigenvalue weighted by Gasteiger charge is -2.38. The number of hydrogen-bond acceptors (Lipinski definition) is 2. The average Bonchev–Trinajstić information content (AvgIpc) is 3.79. The number of benzene rings is 10. The Morgan fingerprint density at radius 1 is 0.324 bits per heavy atom. The maximum Gasteiger partial charge on any atom is 0.160 e. The van der Waals surface area contributed by atoms with E-state index in [2.05, 4.69) is 278 Å². The third-order valence-corrected chi connectivity index (χ3v) is 14.3. The Hall–Kier alpha value is -9.18. The molecule has 2 heterocycles. The first-order chi connectivity index (χ1) is 35.2. The maximum absolute atomic E-state index is 5.34. The maximum atomic E-state index is 5.34. The molecule has 71 heavy (non-hydrogen) atoms. The Bertz CT molecular complexity index is 3880. The van der Waals surface area contributed by atoms with Crippen molar-refractivity contribution in [1.29, 1.82) is 0 Å². The molecule has 0 fully saturated rings. The molecule has 2 unspecified atom stereocenters. The van der Waals surface area contributed by atoms with Gasteiger partial charge in [0.25, 0.3) is 0 Å². The van der Waals surface area contributed by atoms with Crippen LogP contribution in [0.15, 0.2) is 273 Å². The molecule has 3 heteroatoms. The fraction of sp³-hybridized carbons (Fsp3) is 0.0294. The number of aromatic nitrogens is 3. The molecule has 2 aromatic heterocycles. The van der Waals surface area contributed by atoms with E-state index in [1.54, 1.807) is 0 Å². The summed E-state index contributed by atoms with van der Waals surface area (Å²) in [6, 6.07) is 98.8. The van der Waals surface area contributed by atoms with Gasteiger partial charge in [0.1, 0.15) is 0 Å². The molecule has 12 aromatic rings. The minimum absolute atomic E-state index is 0.0136. The molecule has 0 saturated carbocycles. The Balaban J connectivity index is 1.04. The molecule has 0 aliphatic heterocycles. The third kappa shape index (κ3) is 7.56. The van der Waals surface area contributed by atoms with E-state index in [0.717, 1.165) is 50.1 Å². The molecule has 1 aliphatic carbocycles. The quantitative estimate of drug-likeness (QED) is 0.144. The predicted molar refractivity (Wildman–Crippen MR) is 294 cm³/mol. The van der Waals surface area contributed by atoms with Crippen molar-refractivity contribution in [2.24, 2.45) is 0 Å². The monoisotopic (exact) mass is 905 g/mol. The van der Waals surface area contributed by atoms with E-state index < -0.39 is 0 Å². The van der Waals surface area contributed by atoms with Gasteiger partial charge in [-0.3, -0.25) is 0 Å². The Morgan fingerprint density at radius 3 is 1.49 bits per heavy atom. The average molecular weight is 906 g/mol. The molecular weight excluding hydrogens is 859 g/mol. The molecule has 0 radical (unpaired) electrons. The summed E-state index contributed by atoms with van der Waals surface area (Å²) in [4.78, 5) is 10.5. The van der Waals surface area contributed by atoms with Crippen molar-refractivity contribution in [3.8, 4) is 50.6 Å². The highest BCUT2D eigenvalue weighted by atomic mass is 15.0. The molecule has 3 nitrogen and oxygen atoms in total. The van der Waals surface area contributed by atoms with Crippen LogP contribution < -0.4 is 0 Å². The van der Waals surface area contributed by atoms with Gasteiger partial charge in [0.15, 0.2) is 5.82 Å². The third-order valence-electron chi connectivity index (χ3n) is 14.3. The van der Waals surface area contributed by atoms with Crippen LogP contribution in [0.4, 0.5) is 0 Å². The van der Waals surface area contributed by atoms with Gasteiger partial charge in [-0.15, -0.1) is 0 Å². The predicted octanol–water partition coefficient (Wildman–Crippen LogP) is 17.1. The normalized spacial score (nSPS) is 14.4. The zero-order valence-electron chi connectivity index (χ0n) is 39.0. The molecule has 334 valence electrons. The van der Waals surface area contributed by atoms with Gasteiger partial charge in [-0.25, -0.2) is 9.97 Å². The zero-order valence-corrected chi connectivity index (χ0v) is 39.0. The van der Waals surface area contributed by atoms with Gasteiger partial charge < -0.3 is 4.57 Å². The van der Waals surface area contributed by atoms with Gasteiger partial charge in [-0.05, 0) is 86.0 Å². The Labute approximate surface area is 414 Å². The van der Waals surface area contributed by atoms with Crippen LogP contribution in [0.2, 0.25) is 0 Å². The second-order valence-electron chi connectivity index (χ2n) is 18.4. The van der Waals surface area contributed by atoms with Crippen molar-refractivity contribution in [1.82, 2.24) is 14.5 Å². The highest BCUT2D eigenvalue weighted by molar-refractivity contribution is 6.12. The van der Waals surface area contributed by atoms with Crippen molar-refractivity contribution in [2.45, 2.75) is 11.8 Å². The molecule has 0 spiro atoms. The number of nitrogens with zero attached hydrogens (tertiary/aromatic N) is 3. The number of fused-ring (bicyclic) bond motifs is 4. The lowest BCUT2D eigenvalue weighted by molar-refractivity contribution is 0.685. The van der Waals surface area contributed by atoms with Crippen LogP contribution in [0.25, 0.3) is 83.5 Å². The Kier molecular flexibility index (Phi) is 10.7. The van der Waals surface area contributed by atoms with Crippen LogP contribution in [-0.2, 0) is 0 Å². The van der Waals surface area contributed by atoms with Crippen molar-refractivity contribution < 1.29 is 0 Å². The summed E-state index contributed by atoms with van der Waals surface area (Å²) < 4.78 is 2.57. The largest absolute Gasteiger partial charge is 0.312 e. The first-order valence-electron chi connectivity index (χ1n) is 24.5. The van der Waals surface area contributed by atoms with Gasteiger partial charge in [0.2, 0.25) is 0 Å². The summed E-state index contributed by atoms with van der Waals surface area (Å²) in [5.41, 5.74) is 20.8. The number of allylic oxidation sites excluding steroid dienone is 1. The van der Waals surface area contributed by atoms with Crippen LogP contribution in [0.1, 0.15) is 45.3 Å². The molecule has 13 rings (SSSR count). The lowest BCUT2D eigenvalue weighted by atomic mass is 9.65. The van der Waals surface area contributed by atoms with E-state index in [9.17, 15) is 0 Å². The number of para-hydroxylation sites is 2. The number of rotatable bonds is 9. The van der Waals surface area contributed by atoms with E-state index in [-0.39, 0.29) is 11.8 Å². The minimum Gasteiger partial charge on any atom is -0.312 e. The molecule has 0 bridgehead atoms. The molecule has 0 N–H and O–H groups in total. The summed E-state index contributed by atoms with van der Waals surface area (Å²) in [5, 5.41) is 2.24. The summed E-state index contributed by atoms with van der Waals surface area (Å²) in [5.74, 6) is 0.644. The van der Waals surface area contributed by atoms with E-state index in [1.807, 2.05) is 0 Å². The summed E-state index contributed by atoms with van der Waals surface area (Å²) in [6.45, 7) is 0. The molecule has 2 atom stereocenters. The van der Waals surface area contributed by atoms with Gasteiger partial charge in [-0.2, -0.15) is 0 Å². The van der Waals surface area contributed by atoms with Crippen molar-refractivity contribution in [3.63, 3.8) is 0 Å². The smallest absolute Gasteiger partial charge is 0.160 e. The van der Waals surface area contributed by atoms with E-state index in [0.29, 0.717) is 5.82 Å². The first kappa shape index (κ1) is 42.0. The highest BCUT2D eigenvalue weighted by Gasteiger charge is 2.42. The Morgan fingerprint density at radius 2 is 0.817 bits per heavy atom. The van der Waals surface area contributed by atoms with Gasteiger partial charge in [0, 0.05) is 50.7 Å². The standard InChI is InChI=1S/C68H47N3/c1-7-22-46(23-8-1)47-38-40-52(41-39-47)66-57-36-19-20-37-59(57)69-68(70-66)55-33-21-32-53(44-55)54-42-43-58-60(45-54)71(56-34-17-6-18-35-56)67-64(51-30-15-5-16-31-51)62(49-26-11-3-12-27-49)61(48-24-9-2-10-25-48)63(65(58)67)50-28-13-4-14-29-50/h1-45,62,64H. The molecule has 10 aromatic carbocycles. The molecular formula is C68H47N3. The van der Waals surface area contributed by atoms with E-state index in [1.165, 1.54) is 61.2 Å². The highest BCUT2D eigenvalue weighted by Crippen LogP contribution is 2.58. The number of hydrogen-bond donors (Lipinski definition) is 0. The van der Waals surface area contributed by atoms with Gasteiger partial charge >= 0.3 is 0 Å². The van der Waals surface area contributed by atoms with Crippen LogP contribution in [0.5, 0.6) is 0 Å². The molecule has 1 aliphatic rings. The van der Waals surface area contributed by atoms with Crippen LogP contribution in [0, 0.1) is 0 Å². The second kappa shape index (κ2) is 18.0. The van der Waals surface area contributed by atoms with Crippen molar-refractivity contribution >= 4 is 33.0 Å². The van der Waals surface area contributed by atoms with Crippen LogP contribution in [-0.4, -0.2) is 14.5 Å². The molecule has 0 saturated heterocycles. The lowest BCUT2D eigenvalue weighted by Crippen LogP contribution is -2.24. The minimum atomic E-state index is -0.0376. The zero-order chi connectivity index (χ0) is 47.1. The van der Waals surface area contributed by atoms with Crippen molar-refractivity contribution in [2.75, 3.05) is 0 Å². The first-order valence-corrected chi connectivity index (χ1v) is 24.5. The molecule has 0 amide bonds. The van der Waals surface area contributed by atoms with Crippen molar-refractivity contribution in [3.05, 3.63) is 306 Å². The second-order valence-corrected chi connectivity index (χ2v) is 18.4. The van der Waals surface area contributed by atoms with E-state index in [4.69, 9.17) is 9.97 Å². The fourth-order valence-corrected chi connectivity index (χ4v) is 11.1. The van der Waals surface area contributed by atoms with Gasteiger partial charge in [0.05, 0.1) is 16.7 Å². The summed E-state index contributed by atoms with van der Waals surface area (Å²) >= 11 is 0. The fourth-order valence-electron chi connectivity index (χ4n) is 11.1. The van der Waals surface area contributed by atoms with Crippen LogP contribution >= 0.6 is 0 Å². The summed E-state index contributed by atoms with van der Waals surface area (Å²) in [7, 11) is 0. The van der Waals surface area contributed by atoms with Gasteiger partial charge in [-0.1, -0.05) is 243 Å². The van der Waals surface area contributed by atoms with Crippen LogP contribution in [0.3, 0.4) is 0 Å².